The zero-order valence-electron chi connectivity index (χ0n) is 16.8. The van der Waals surface area contributed by atoms with Crippen molar-refractivity contribution in [2.24, 2.45) is 5.73 Å². The maximum Gasteiger partial charge on any atom is 0.407 e. The fourth-order valence-corrected chi connectivity index (χ4v) is 3.48. The third-order valence-corrected chi connectivity index (χ3v) is 5.16. The topological polar surface area (TPSA) is 139 Å². The van der Waals surface area contributed by atoms with E-state index in [0.29, 0.717) is 29.4 Å². The van der Waals surface area contributed by atoms with Crippen molar-refractivity contribution in [3.8, 4) is 5.75 Å². The van der Waals surface area contributed by atoms with E-state index in [0.717, 1.165) is 24.8 Å². The number of sulfonamides is 1. The maximum atomic E-state index is 10.8. The predicted molar refractivity (Wildman–Crippen MR) is 118 cm³/mol. The number of nitrogens with zero attached hydrogens (tertiary/aromatic N) is 1. The van der Waals surface area contributed by atoms with Crippen molar-refractivity contribution in [1.82, 2.24) is 4.90 Å². The zero-order valence-corrected chi connectivity index (χ0v) is 18.4. The van der Waals surface area contributed by atoms with E-state index < -0.39 is 22.0 Å². The van der Waals surface area contributed by atoms with E-state index in [1.54, 1.807) is 12.1 Å². The number of amides is 2. The van der Waals surface area contributed by atoms with Gasteiger partial charge in [0, 0.05) is 42.2 Å². The van der Waals surface area contributed by atoms with Crippen LogP contribution >= 0.6 is 11.6 Å². The number of ether oxygens (including phenoxy) is 1. The van der Waals surface area contributed by atoms with Crippen LogP contribution in [0.3, 0.4) is 0 Å². The molecule has 4 N–H and O–H groups in total. The molecule has 1 fully saturated rings. The molecule has 1 saturated heterocycles. The Bertz CT molecular complexity index is 989. The minimum Gasteiger partial charge on any atom is -0.490 e. The number of likely N-dealkylation sites (tertiary alicyclic amines) is 1. The first kappa shape index (κ1) is 24.3. The average Bonchev–Trinajstić information content (AvgIpc) is 2.70. The summed E-state index contributed by atoms with van der Waals surface area (Å²) in [5.74, 6) is 0.235. The Morgan fingerprint density at radius 1 is 1.10 bits per heavy atom. The van der Waals surface area contributed by atoms with Gasteiger partial charge in [0.1, 0.15) is 11.9 Å². The first-order valence-electron chi connectivity index (χ1n) is 9.31. The van der Waals surface area contributed by atoms with Crippen LogP contribution in [-0.4, -0.2) is 55.9 Å². The molecule has 0 atom stereocenters. The average molecular weight is 470 g/mol. The number of nitrogens with one attached hydrogen (secondary N) is 1. The number of carboxylic acid groups (broad SMARTS) is 1. The van der Waals surface area contributed by atoms with Gasteiger partial charge in [-0.25, -0.2) is 13.2 Å². The van der Waals surface area contributed by atoms with Crippen LogP contribution in [0.4, 0.5) is 10.5 Å². The Labute approximate surface area is 185 Å². The fraction of sp³-hybridized carbons (Fsp3) is 0.300. The smallest absolute Gasteiger partial charge is 0.407 e. The predicted octanol–water partition coefficient (Wildman–Crippen LogP) is 3.02. The highest BCUT2D eigenvalue weighted by molar-refractivity contribution is 7.92. The molecule has 2 amide bonds. The van der Waals surface area contributed by atoms with E-state index >= 15 is 0 Å². The van der Waals surface area contributed by atoms with E-state index in [-0.39, 0.29) is 6.10 Å². The minimum atomic E-state index is -3.28. The van der Waals surface area contributed by atoms with Crippen molar-refractivity contribution in [3.05, 3.63) is 59.1 Å². The summed E-state index contributed by atoms with van der Waals surface area (Å²) in [4.78, 5) is 22.8. The zero-order chi connectivity index (χ0) is 23.0. The van der Waals surface area contributed by atoms with Crippen LogP contribution in [0.2, 0.25) is 5.02 Å². The van der Waals surface area contributed by atoms with Gasteiger partial charge in [-0.2, -0.15) is 0 Å². The summed E-state index contributed by atoms with van der Waals surface area (Å²) in [6, 6.07) is 13.1. The summed E-state index contributed by atoms with van der Waals surface area (Å²) in [5, 5.41) is 9.49. The van der Waals surface area contributed by atoms with Gasteiger partial charge >= 0.3 is 6.09 Å². The Morgan fingerprint density at radius 2 is 1.65 bits per heavy atom. The van der Waals surface area contributed by atoms with Crippen LogP contribution in [0, 0.1) is 0 Å². The first-order chi connectivity index (χ1) is 14.5. The second-order valence-corrected chi connectivity index (χ2v) is 9.04. The summed E-state index contributed by atoms with van der Waals surface area (Å²) in [6.07, 6.45) is 1.75. The molecule has 3 rings (SSSR count). The van der Waals surface area contributed by atoms with Gasteiger partial charge < -0.3 is 20.5 Å². The molecule has 0 saturated carbocycles. The fourth-order valence-electron chi connectivity index (χ4n) is 2.79. The molecule has 0 unspecified atom stereocenters. The number of carbonyl (C=O) groups excluding carboxylic acids is 1. The van der Waals surface area contributed by atoms with Crippen LogP contribution < -0.4 is 15.2 Å². The Morgan fingerprint density at radius 3 is 2.10 bits per heavy atom. The van der Waals surface area contributed by atoms with Crippen LogP contribution in [0.5, 0.6) is 5.75 Å². The molecule has 0 aliphatic carbocycles. The Kier molecular flexibility index (Phi) is 8.52. The molecule has 0 aromatic heterocycles. The quantitative estimate of drug-likeness (QED) is 0.615. The van der Waals surface area contributed by atoms with Crippen LogP contribution in [0.1, 0.15) is 23.2 Å². The number of carbonyl (C=O) groups is 2. The lowest BCUT2D eigenvalue weighted by Gasteiger charge is -2.30. The van der Waals surface area contributed by atoms with Crippen molar-refractivity contribution in [1.29, 1.82) is 0 Å². The lowest BCUT2D eigenvalue weighted by atomic mass is 10.1. The molecule has 1 heterocycles. The number of halogens is 1. The number of hydrogen-bond acceptors (Lipinski definition) is 5. The highest BCUT2D eigenvalue weighted by Crippen LogP contribution is 2.21. The highest BCUT2D eigenvalue weighted by atomic mass is 35.5. The van der Waals surface area contributed by atoms with Crippen molar-refractivity contribution in [3.63, 3.8) is 0 Å². The number of benzene rings is 2. The van der Waals surface area contributed by atoms with Crippen molar-refractivity contribution < 1.29 is 27.9 Å². The summed E-state index contributed by atoms with van der Waals surface area (Å²) < 4.78 is 29.7. The molecule has 2 aromatic rings. The molecule has 0 spiro atoms. The third-order valence-electron chi connectivity index (χ3n) is 4.30. The molecule has 0 radical (unpaired) electrons. The molecule has 1 aliphatic heterocycles. The van der Waals surface area contributed by atoms with Gasteiger partial charge in [0.25, 0.3) is 0 Å². The molecule has 1 aliphatic rings. The monoisotopic (exact) mass is 469 g/mol. The van der Waals surface area contributed by atoms with E-state index in [1.807, 2.05) is 12.1 Å². The highest BCUT2D eigenvalue weighted by Gasteiger charge is 2.23. The molecule has 168 valence electrons. The molecule has 31 heavy (non-hydrogen) atoms. The van der Waals surface area contributed by atoms with Crippen LogP contribution in [0.25, 0.3) is 0 Å². The normalized spacial score (nSPS) is 14.2. The number of nitrogens with two attached hydrogens (primary N) is 1. The second-order valence-electron chi connectivity index (χ2n) is 6.86. The molecular formula is C20H24ClN3O6S. The van der Waals surface area contributed by atoms with Crippen LogP contribution in [0.15, 0.2) is 48.5 Å². The third kappa shape index (κ3) is 8.73. The molecule has 9 nitrogen and oxygen atoms in total. The van der Waals surface area contributed by atoms with Gasteiger partial charge in [-0.3, -0.25) is 9.52 Å². The maximum absolute atomic E-state index is 10.8. The van der Waals surface area contributed by atoms with E-state index in [9.17, 15) is 18.0 Å². The lowest BCUT2D eigenvalue weighted by Crippen LogP contribution is -2.41. The van der Waals surface area contributed by atoms with E-state index in [4.69, 9.17) is 27.2 Å². The van der Waals surface area contributed by atoms with Crippen molar-refractivity contribution in [2.75, 3.05) is 24.1 Å². The Balaban J connectivity index is 0.000000225. The van der Waals surface area contributed by atoms with Gasteiger partial charge in [-0.15, -0.1) is 0 Å². The summed E-state index contributed by atoms with van der Waals surface area (Å²) in [7, 11) is -3.28. The van der Waals surface area contributed by atoms with Gasteiger partial charge in [-0.05, 0) is 48.5 Å². The lowest BCUT2D eigenvalue weighted by molar-refractivity contribution is 0.0894. The first-order valence-corrected chi connectivity index (χ1v) is 11.6. The number of rotatable bonds is 5. The van der Waals surface area contributed by atoms with Gasteiger partial charge in [0.05, 0.1) is 6.26 Å². The van der Waals surface area contributed by atoms with Gasteiger partial charge in [0.2, 0.25) is 15.9 Å². The van der Waals surface area contributed by atoms with Crippen molar-refractivity contribution >= 4 is 39.3 Å². The van der Waals surface area contributed by atoms with Crippen LogP contribution in [-0.2, 0) is 10.0 Å². The second kappa shape index (κ2) is 10.9. The standard InChI is InChI=1S/C12H14ClNO3.C8H10N2O3S/c13-9-1-3-10(4-2-9)17-11-5-7-14(8-6-11)12(15)16;1-14(12,13)10-7-4-2-6(3-5-7)8(9)11/h1-4,11H,5-8H2,(H,15,16);2-5,10H,1H3,(H2,9,11). The summed E-state index contributed by atoms with van der Waals surface area (Å²) >= 11 is 5.78. The molecular weight excluding hydrogens is 446 g/mol. The molecule has 0 bridgehead atoms. The van der Waals surface area contributed by atoms with Crippen molar-refractivity contribution in [2.45, 2.75) is 18.9 Å². The van der Waals surface area contributed by atoms with Gasteiger partial charge in [0.15, 0.2) is 0 Å². The van der Waals surface area contributed by atoms with E-state index in [2.05, 4.69) is 4.72 Å². The number of piperidine rings is 1. The Hall–Kier alpha value is -2.98. The number of anilines is 1. The summed E-state index contributed by atoms with van der Waals surface area (Å²) in [6.45, 7) is 1.07. The molecule has 2 aromatic carbocycles. The van der Waals surface area contributed by atoms with E-state index in [1.165, 1.54) is 29.2 Å². The summed E-state index contributed by atoms with van der Waals surface area (Å²) in [5.41, 5.74) is 5.75. The molecule has 11 heteroatoms. The number of hydrogen-bond donors (Lipinski definition) is 3. The largest absolute Gasteiger partial charge is 0.490 e. The minimum absolute atomic E-state index is 0.0896. The SMILES string of the molecule is CS(=O)(=O)Nc1ccc(C(N)=O)cc1.O=C(O)N1CCC(Oc2ccc(Cl)cc2)CC1. The van der Waals surface area contributed by atoms with Gasteiger partial charge in [-0.1, -0.05) is 11.6 Å². The number of primary amides is 1.